The quantitative estimate of drug-likeness (QED) is 0.766. The van der Waals surface area contributed by atoms with Crippen LogP contribution in [0.4, 0.5) is 0 Å². The van der Waals surface area contributed by atoms with Crippen LogP contribution in [0.1, 0.15) is 25.7 Å². The van der Waals surface area contributed by atoms with Gasteiger partial charge in [0, 0.05) is 32.5 Å². The molecule has 0 bridgehead atoms. The number of hydrogen-bond acceptors (Lipinski definition) is 4. The molecule has 112 valence electrons. The van der Waals surface area contributed by atoms with Gasteiger partial charge < -0.3 is 19.6 Å². The smallest absolute Gasteiger partial charge is 0.326 e. The maximum absolute atomic E-state index is 12.0. The number of nitrogens with zero attached hydrogens (tertiary/aromatic N) is 2. The number of amides is 2. The van der Waals surface area contributed by atoms with E-state index in [1.165, 1.54) is 4.90 Å². The lowest BCUT2D eigenvalue weighted by atomic mass is 10.2. The summed E-state index contributed by atoms with van der Waals surface area (Å²) in [5.41, 5.74) is 0. The minimum Gasteiger partial charge on any atom is -0.480 e. The van der Waals surface area contributed by atoms with Gasteiger partial charge in [0.2, 0.25) is 11.8 Å². The number of carboxylic acids is 1. The van der Waals surface area contributed by atoms with Crippen LogP contribution in [0.15, 0.2) is 0 Å². The number of rotatable bonds is 4. The SMILES string of the molecule is O=C(O)[C@@H]1CCCN1C(=O)CCC(=O)N1CCOCC1. The number of carbonyl (C=O) groups excluding carboxylic acids is 2. The van der Waals surface area contributed by atoms with E-state index in [0.717, 1.165) is 0 Å². The molecule has 0 aliphatic carbocycles. The van der Waals surface area contributed by atoms with E-state index in [0.29, 0.717) is 45.7 Å². The molecule has 0 aromatic heterocycles. The molecule has 1 atom stereocenters. The van der Waals surface area contributed by atoms with Crippen LogP contribution in [0.3, 0.4) is 0 Å². The van der Waals surface area contributed by atoms with Crippen molar-refractivity contribution in [3.63, 3.8) is 0 Å². The van der Waals surface area contributed by atoms with Crippen LogP contribution in [-0.2, 0) is 19.1 Å². The van der Waals surface area contributed by atoms with Crippen molar-refractivity contribution < 1.29 is 24.2 Å². The van der Waals surface area contributed by atoms with E-state index in [-0.39, 0.29) is 24.7 Å². The lowest BCUT2D eigenvalue weighted by Crippen LogP contribution is -2.43. The Bertz CT molecular complexity index is 392. The molecule has 0 spiro atoms. The summed E-state index contributed by atoms with van der Waals surface area (Å²) in [5, 5.41) is 9.03. The van der Waals surface area contributed by atoms with E-state index in [1.54, 1.807) is 4.90 Å². The van der Waals surface area contributed by atoms with Gasteiger partial charge in [-0.1, -0.05) is 0 Å². The fourth-order valence-electron chi connectivity index (χ4n) is 2.65. The molecule has 0 radical (unpaired) electrons. The largest absolute Gasteiger partial charge is 0.480 e. The summed E-state index contributed by atoms with van der Waals surface area (Å²) in [6, 6.07) is -0.721. The highest BCUT2D eigenvalue weighted by Crippen LogP contribution is 2.19. The van der Waals surface area contributed by atoms with Crippen molar-refractivity contribution in [3.05, 3.63) is 0 Å². The highest BCUT2D eigenvalue weighted by atomic mass is 16.5. The first-order valence-electron chi connectivity index (χ1n) is 6.97. The Morgan fingerprint density at radius 3 is 2.35 bits per heavy atom. The standard InChI is InChI=1S/C13H20N2O5/c16-11(14-6-8-20-9-7-14)3-4-12(17)15-5-1-2-10(15)13(18)19/h10H,1-9H2,(H,18,19)/t10-/m0/s1. The number of morpholine rings is 1. The summed E-state index contributed by atoms with van der Waals surface area (Å²) in [6.07, 6.45) is 1.43. The normalized spacial score (nSPS) is 22.9. The Kier molecular flexibility index (Phi) is 4.94. The average Bonchev–Trinajstić information content (AvgIpc) is 2.95. The van der Waals surface area contributed by atoms with Crippen LogP contribution < -0.4 is 0 Å². The molecule has 0 saturated carbocycles. The maximum Gasteiger partial charge on any atom is 0.326 e. The molecule has 20 heavy (non-hydrogen) atoms. The third-order valence-electron chi connectivity index (χ3n) is 3.77. The lowest BCUT2D eigenvalue weighted by Gasteiger charge is -2.27. The van der Waals surface area contributed by atoms with Crippen molar-refractivity contribution in [2.24, 2.45) is 0 Å². The second-order valence-electron chi connectivity index (χ2n) is 5.08. The molecule has 1 N–H and O–H groups in total. The molecule has 0 aromatic rings. The van der Waals surface area contributed by atoms with E-state index >= 15 is 0 Å². The van der Waals surface area contributed by atoms with E-state index in [9.17, 15) is 14.4 Å². The summed E-state index contributed by atoms with van der Waals surface area (Å²) >= 11 is 0. The lowest BCUT2D eigenvalue weighted by molar-refractivity contribution is -0.148. The molecule has 2 heterocycles. The monoisotopic (exact) mass is 284 g/mol. The summed E-state index contributed by atoms with van der Waals surface area (Å²) in [7, 11) is 0. The van der Waals surface area contributed by atoms with Crippen LogP contribution >= 0.6 is 0 Å². The molecular formula is C13H20N2O5. The maximum atomic E-state index is 12.0. The molecule has 0 unspecified atom stereocenters. The first kappa shape index (κ1) is 14.8. The Balaban J connectivity index is 1.79. The van der Waals surface area contributed by atoms with E-state index in [1.807, 2.05) is 0 Å². The predicted octanol–water partition coefficient (Wildman–Crippen LogP) is -0.299. The average molecular weight is 284 g/mol. The van der Waals surface area contributed by atoms with Gasteiger partial charge in [-0.2, -0.15) is 0 Å². The highest BCUT2D eigenvalue weighted by molar-refractivity contribution is 5.87. The van der Waals surface area contributed by atoms with Gasteiger partial charge in [0.1, 0.15) is 6.04 Å². The van der Waals surface area contributed by atoms with Crippen LogP contribution in [-0.4, -0.2) is 71.6 Å². The second-order valence-corrected chi connectivity index (χ2v) is 5.08. The summed E-state index contributed by atoms with van der Waals surface area (Å²) in [4.78, 5) is 38.0. The third kappa shape index (κ3) is 3.47. The van der Waals surface area contributed by atoms with Gasteiger partial charge >= 0.3 is 5.97 Å². The molecule has 7 nitrogen and oxygen atoms in total. The topological polar surface area (TPSA) is 87.2 Å². The molecule has 2 amide bonds. The molecular weight excluding hydrogens is 264 g/mol. The zero-order valence-electron chi connectivity index (χ0n) is 11.4. The fourth-order valence-corrected chi connectivity index (χ4v) is 2.65. The Labute approximate surface area is 117 Å². The number of ether oxygens (including phenoxy) is 1. The molecule has 2 aliphatic heterocycles. The van der Waals surface area contributed by atoms with E-state index < -0.39 is 12.0 Å². The van der Waals surface area contributed by atoms with Crippen molar-refractivity contribution in [3.8, 4) is 0 Å². The van der Waals surface area contributed by atoms with Gasteiger partial charge in [-0.3, -0.25) is 9.59 Å². The van der Waals surface area contributed by atoms with Gasteiger partial charge in [0.15, 0.2) is 0 Å². The Hall–Kier alpha value is -1.63. The highest BCUT2D eigenvalue weighted by Gasteiger charge is 2.33. The number of carboxylic acid groups (broad SMARTS) is 1. The van der Waals surface area contributed by atoms with Gasteiger partial charge in [-0.05, 0) is 12.8 Å². The third-order valence-corrected chi connectivity index (χ3v) is 3.77. The molecule has 2 rings (SSSR count). The second kappa shape index (κ2) is 6.69. The van der Waals surface area contributed by atoms with Gasteiger partial charge in [0.25, 0.3) is 0 Å². The van der Waals surface area contributed by atoms with Crippen molar-refractivity contribution in [1.82, 2.24) is 9.80 Å². The van der Waals surface area contributed by atoms with Gasteiger partial charge in [-0.25, -0.2) is 4.79 Å². The molecule has 7 heteroatoms. The number of carbonyl (C=O) groups is 3. The zero-order valence-corrected chi connectivity index (χ0v) is 11.4. The van der Waals surface area contributed by atoms with Crippen molar-refractivity contribution in [1.29, 1.82) is 0 Å². The number of likely N-dealkylation sites (tertiary alicyclic amines) is 1. The van der Waals surface area contributed by atoms with Crippen molar-refractivity contribution in [2.45, 2.75) is 31.7 Å². The van der Waals surface area contributed by atoms with Crippen LogP contribution in [0.2, 0.25) is 0 Å². The molecule has 2 saturated heterocycles. The van der Waals surface area contributed by atoms with E-state index in [4.69, 9.17) is 9.84 Å². The minimum atomic E-state index is -0.963. The first-order valence-corrected chi connectivity index (χ1v) is 6.97. The molecule has 0 aromatic carbocycles. The minimum absolute atomic E-state index is 0.0623. The predicted molar refractivity (Wildman–Crippen MR) is 69.0 cm³/mol. The zero-order chi connectivity index (χ0) is 14.5. The number of hydrogen-bond donors (Lipinski definition) is 1. The van der Waals surface area contributed by atoms with Crippen LogP contribution in [0.25, 0.3) is 0 Å². The van der Waals surface area contributed by atoms with Crippen LogP contribution in [0.5, 0.6) is 0 Å². The summed E-state index contributed by atoms with van der Waals surface area (Å²) < 4.78 is 5.16. The van der Waals surface area contributed by atoms with Gasteiger partial charge in [-0.15, -0.1) is 0 Å². The van der Waals surface area contributed by atoms with Crippen LogP contribution in [0, 0.1) is 0 Å². The fraction of sp³-hybridized carbons (Fsp3) is 0.769. The van der Waals surface area contributed by atoms with E-state index in [2.05, 4.69) is 0 Å². The van der Waals surface area contributed by atoms with Crippen molar-refractivity contribution in [2.75, 3.05) is 32.8 Å². The number of aliphatic carboxylic acids is 1. The molecule has 2 fully saturated rings. The van der Waals surface area contributed by atoms with Crippen molar-refractivity contribution >= 4 is 17.8 Å². The molecule has 2 aliphatic rings. The Morgan fingerprint density at radius 2 is 1.70 bits per heavy atom. The first-order chi connectivity index (χ1) is 9.59. The Morgan fingerprint density at radius 1 is 1.05 bits per heavy atom. The summed E-state index contributed by atoms with van der Waals surface area (Å²) in [6.45, 7) is 2.67. The van der Waals surface area contributed by atoms with Gasteiger partial charge in [0.05, 0.1) is 13.2 Å². The summed E-state index contributed by atoms with van der Waals surface area (Å²) in [5.74, 6) is -1.26.